The van der Waals surface area contributed by atoms with Crippen LogP contribution < -0.4 is 5.56 Å². The van der Waals surface area contributed by atoms with Gasteiger partial charge in [0.15, 0.2) is 5.16 Å². The highest BCUT2D eigenvalue weighted by Gasteiger charge is 2.22. The van der Waals surface area contributed by atoms with E-state index < -0.39 is 0 Å². The number of rotatable bonds is 8. The van der Waals surface area contributed by atoms with Gasteiger partial charge in [0.25, 0.3) is 5.56 Å². The lowest BCUT2D eigenvalue weighted by Gasteiger charge is -2.31. The Morgan fingerprint density at radius 2 is 1.94 bits per heavy atom. The number of amides is 1. The molecule has 0 radical (unpaired) electrons. The number of fused-ring (bicyclic) bond motifs is 1. The zero-order valence-corrected chi connectivity index (χ0v) is 20.3. The molecule has 0 N–H and O–H groups in total. The molecular weight excluding hydrogens is 408 g/mol. The lowest BCUT2D eigenvalue weighted by molar-refractivity contribution is -0.130. The molecule has 1 saturated heterocycles. The van der Waals surface area contributed by atoms with E-state index in [4.69, 9.17) is 4.98 Å². The van der Waals surface area contributed by atoms with Crippen LogP contribution in [-0.2, 0) is 11.3 Å². The van der Waals surface area contributed by atoms with E-state index in [9.17, 15) is 9.59 Å². The molecule has 3 rings (SSSR count). The number of nitrogens with zero attached hydrogens (tertiary/aromatic N) is 4. The van der Waals surface area contributed by atoms with Crippen LogP contribution in [0.3, 0.4) is 0 Å². The van der Waals surface area contributed by atoms with Crippen LogP contribution >= 0.6 is 11.8 Å². The summed E-state index contributed by atoms with van der Waals surface area (Å²) >= 11 is 1.39. The van der Waals surface area contributed by atoms with Crippen LogP contribution in [0.5, 0.6) is 0 Å². The van der Waals surface area contributed by atoms with Crippen molar-refractivity contribution in [1.82, 2.24) is 19.4 Å². The first-order valence-electron chi connectivity index (χ1n) is 11.4. The lowest BCUT2D eigenvalue weighted by Crippen LogP contribution is -2.41. The van der Waals surface area contributed by atoms with Crippen molar-refractivity contribution in [3.05, 3.63) is 34.6 Å². The summed E-state index contributed by atoms with van der Waals surface area (Å²) < 4.78 is 1.76. The molecule has 1 aromatic carbocycles. The van der Waals surface area contributed by atoms with E-state index >= 15 is 0 Å². The van der Waals surface area contributed by atoms with Crippen molar-refractivity contribution in [1.29, 1.82) is 0 Å². The molecule has 2 aromatic rings. The summed E-state index contributed by atoms with van der Waals surface area (Å²) in [6.45, 7) is 13.9. The van der Waals surface area contributed by atoms with Crippen molar-refractivity contribution in [2.75, 3.05) is 25.4 Å². The molecule has 0 bridgehead atoms. The van der Waals surface area contributed by atoms with Crippen LogP contribution in [0.15, 0.2) is 34.2 Å². The SMILES string of the molecule is CC1CCCN(C(=O)CSc2nc3ccccc3c(=O)n2CCN(C(C)C)C(C)C)C1. The van der Waals surface area contributed by atoms with Gasteiger partial charge >= 0.3 is 0 Å². The Morgan fingerprint density at radius 1 is 1.23 bits per heavy atom. The second-order valence-electron chi connectivity index (χ2n) is 9.17. The fraction of sp³-hybridized carbons (Fsp3) is 0.625. The van der Waals surface area contributed by atoms with Gasteiger partial charge in [0.2, 0.25) is 5.91 Å². The van der Waals surface area contributed by atoms with E-state index in [-0.39, 0.29) is 11.5 Å². The molecule has 0 spiro atoms. The number of para-hydroxylation sites is 1. The van der Waals surface area contributed by atoms with Gasteiger partial charge in [-0.15, -0.1) is 0 Å². The normalized spacial score (nSPS) is 17.3. The largest absolute Gasteiger partial charge is 0.342 e. The summed E-state index contributed by atoms with van der Waals surface area (Å²) in [6, 6.07) is 8.25. The molecule has 6 nitrogen and oxygen atoms in total. The van der Waals surface area contributed by atoms with Crippen LogP contribution in [0.25, 0.3) is 10.9 Å². The number of piperidine rings is 1. The summed E-state index contributed by atoms with van der Waals surface area (Å²) in [5, 5.41) is 1.26. The third-order valence-electron chi connectivity index (χ3n) is 6.07. The van der Waals surface area contributed by atoms with Crippen molar-refractivity contribution in [3.8, 4) is 0 Å². The molecule has 1 atom stereocenters. The van der Waals surface area contributed by atoms with E-state index in [0.717, 1.165) is 26.1 Å². The maximum atomic E-state index is 13.3. The van der Waals surface area contributed by atoms with E-state index in [0.29, 0.717) is 46.4 Å². The standard InChI is InChI=1S/C24H36N4O2S/c1-17(2)27(18(3)4)13-14-28-23(30)20-10-6-7-11-21(20)25-24(28)31-16-22(29)26-12-8-9-19(5)15-26/h6-7,10-11,17-19H,8-9,12-16H2,1-5H3. The molecule has 7 heteroatoms. The number of likely N-dealkylation sites (tertiary alicyclic amines) is 1. The predicted octanol–water partition coefficient (Wildman–Crippen LogP) is 3.87. The van der Waals surface area contributed by atoms with Crippen LogP contribution in [-0.4, -0.2) is 62.7 Å². The molecule has 1 aromatic heterocycles. The number of hydrogen-bond donors (Lipinski definition) is 0. The van der Waals surface area contributed by atoms with Gasteiger partial charge in [0, 0.05) is 38.3 Å². The van der Waals surface area contributed by atoms with Gasteiger partial charge in [-0.2, -0.15) is 0 Å². The molecule has 1 aliphatic heterocycles. The highest BCUT2D eigenvalue weighted by Crippen LogP contribution is 2.21. The Kier molecular flexibility index (Phi) is 8.17. The quantitative estimate of drug-likeness (QED) is 0.457. The second-order valence-corrected chi connectivity index (χ2v) is 10.1. The van der Waals surface area contributed by atoms with Gasteiger partial charge < -0.3 is 4.90 Å². The van der Waals surface area contributed by atoms with Gasteiger partial charge in [0.05, 0.1) is 16.7 Å². The molecule has 1 fully saturated rings. The Morgan fingerprint density at radius 3 is 2.61 bits per heavy atom. The van der Waals surface area contributed by atoms with E-state index in [1.54, 1.807) is 4.57 Å². The molecular formula is C24H36N4O2S. The summed E-state index contributed by atoms with van der Waals surface area (Å²) in [7, 11) is 0. The van der Waals surface area contributed by atoms with Gasteiger partial charge in [-0.1, -0.05) is 30.8 Å². The highest BCUT2D eigenvalue weighted by atomic mass is 32.2. The topological polar surface area (TPSA) is 58.4 Å². The zero-order valence-electron chi connectivity index (χ0n) is 19.5. The lowest BCUT2D eigenvalue weighted by atomic mass is 10.0. The van der Waals surface area contributed by atoms with Crippen molar-refractivity contribution >= 4 is 28.6 Å². The Bertz CT molecular complexity index is 948. The van der Waals surface area contributed by atoms with Crippen molar-refractivity contribution < 1.29 is 4.79 Å². The maximum absolute atomic E-state index is 13.3. The number of hydrogen-bond acceptors (Lipinski definition) is 5. The molecule has 31 heavy (non-hydrogen) atoms. The number of carbonyl (C=O) groups excluding carboxylic acids is 1. The average Bonchev–Trinajstić information content (AvgIpc) is 2.73. The molecule has 1 aliphatic rings. The first-order chi connectivity index (χ1) is 14.8. The molecule has 1 unspecified atom stereocenters. The fourth-order valence-corrected chi connectivity index (χ4v) is 5.34. The van der Waals surface area contributed by atoms with Crippen molar-refractivity contribution in [3.63, 3.8) is 0 Å². The number of benzene rings is 1. The number of carbonyl (C=O) groups is 1. The minimum absolute atomic E-state index is 0.0281. The monoisotopic (exact) mass is 444 g/mol. The van der Waals surface area contributed by atoms with Crippen LogP contribution in [0, 0.1) is 5.92 Å². The van der Waals surface area contributed by atoms with Gasteiger partial charge in [-0.3, -0.25) is 19.1 Å². The molecule has 0 aliphatic carbocycles. The summed E-state index contributed by atoms with van der Waals surface area (Å²) in [6.07, 6.45) is 2.25. The maximum Gasteiger partial charge on any atom is 0.262 e. The van der Waals surface area contributed by atoms with Crippen LogP contribution in [0.2, 0.25) is 0 Å². The van der Waals surface area contributed by atoms with Crippen molar-refractivity contribution in [2.24, 2.45) is 5.92 Å². The highest BCUT2D eigenvalue weighted by molar-refractivity contribution is 7.99. The summed E-state index contributed by atoms with van der Waals surface area (Å²) in [4.78, 5) is 35.2. The minimum Gasteiger partial charge on any atom is -0.342 e. The van der Waals surface area contributed by atoms with E-state index in [1.165, 1.54) is 18.2 Å². The van der Waals surface area contributed by atoms with Gasteiger partial charge in [-0.25, -0.2) is 4.98 Å². The molecule has 0 saturated carbocycles. The Hall–Kier alpha value is -1.86. The molecule has 1 amide bonds. The van der Waals surface area contributed by atoms with E-state index in [2.05, 4.69) is 39.5 Å². The minimum atomic E-state index is -0.0281. The molecule has 170 valence electrons. The fourth-order valence-electron chi connectivity index (χ4n) is 4.42. The smallest absolute Gasteiger partial charge is 0.262 e. The summed E-state index contributed by atoms with van der Waals surface area (Å²) in [5.41, 5.74) is 0.662. The number of thioether (sulfide) groups is 1. The van der Waals surface area contributed by atoms with Crippen LogP contribution in [0.4, 0.5) is 0 Å². The third-order valence-corrected chi connectivity index (χ3v) is 7.03. The number of aromatic nitrogens is 2. The zero-order chi connectivity index (χ0) is 22.5. The third kappa shape index (κ3) is 5.89. The Balaban J connectivity index is 1.83. The van der Waals surface area contributed by atoms with Gasteiger partial charge in [0.1, 0.15) is 0 Å². The van der Waals surface area contributed by atoms with Gasteiger partial charge in [-0.05, 0) is 58.6 Å². The Labute approximate surface area is 190 Å². The van der Waals surface area contributed by atoms with Crippen molar-refractivity contribution in [2.45, 2.75) is 71.2 Å². The predicted molar refractivity (Wildman–Crippen MR) is 129 cm³/mol. The second kappa shape index (κ2) is 10.6. The average molecular weight is 445 g/mol. The molecule has 2 heterocycles. The van der Waals surface area contributed by atoms with E-state index in [1.807, 2.05) is 29.2 Å². The summed E-state index contributed by atoms with van der Waals surface area (Å²) in [5.74, 6) is 1.00. The first-order valence-corrected chi connectivity index (χ1v) is 12.4. The van der Waals surface area contributed by atoms with Crippen LogP contribution in [0.1, 0.15) is 47.5 Å². The first kappa shape index (κ1) is 23.8.